The molecule has 1 aromatic carbocycles. The molecule has 1 heterocycles. The Kier molecular flexibility index (Phi) is 6.92. The molecule has 1 N–H and O–H groups in total. The number of rotatable bonds is 9. The summed E-state index contributed by atoms with van der Waals surface area (Å²) in [5.41, 5.74) is 2.30. The number of hydrogen-bond donors (Lipinski definition) is 1. The highest BCUT2D eigenvalue weighted by Gasteiger charge is 2.11. The van der Waals surface area contributed by atoms with E-state index in [0.29, 0.717) is 6.61 Å². The molecule has 0 bridgehead atoms. The molecule has 0 radical (unpaired) electrons. The summed E-state index contributed by atoms with van der Waals surface area (Å²) in [7, 11) is 0. The highest BCUT2D eigenvalue weighted by atomic mass is 16.5. The van der Waals surface area contributed by atoms with Gasteiger partial charge in [-0.3, -0.25) is 4.98 Å². The van der Waals surface area contributed by atoms with Gasteiger partial charge in [0.15, 0.2) is 0 Å². The van der Waals surface area contributed by atoms with Crippen molar-refractivity contribution in [3.05, 3.63) is 66.0 Å². The highest BCUT2D eigenvalue weighted by molar-refractivity contribution is 5.18. The predicted octanol–water partition coefficient (Wildman–Crippen LogP) is 3.38. The minimum Gasteiger partial charge on any atom is -0.372 e. The van der Waals surface area contributed by atoms with Gasteiger partial charge in [-0.1, -0.05) is 43.3 Å². The van der Waals surface area contributed by atoms with Crippen LogP contribution in [-0.4, -0.2) is 24.7 Å². The predicted molar refractivity (Wildman–Crippen MR) is 86.2 cm³/mol. The fraction of sp³-hybridized carbons (Fsp3) is 0.389. The molecule has 3 heteroatoms. The summed E-state index contributed by atoms with van der Waals surface area (Å²) in [6.45, 7) is 4.73. The second-order valence-electron chi connectivity index (χ2n) is 5.05. The molecule has 1 unspecified atom stereocenters. The molecule has 0 saturated carbocycles. The summed E-state index contributed by atoms with van der Waals surface area (Å²) in [6.07, 6.45) is 3.90. The standard InChI is InChI=1S/C18H24N2O/c1-2-12-19-15-18(16-8-4-3-5-9-16)21-14-11-17-10-6-7-13-20-17/h3-10,13,18-19H,2,11-12,14-15H2,1H3. The van der Waals surface area contributed by atoms with Crippen LogP contribution >= 0.6 is 0 Å². The number of pyridine rings is 1. The molecular weight excluding hydrogens is 260 g/mol. The number of ether oxygens (including phenoxy) is 1. The quantitative estimate of drug-likeness (QED) is 0.717. The Hall–Kier alpha value is -1.71. The molecule has 0 spiro atoms. The van der Waals surface area contributed by atoms with Crippen molar-refractivity contribution >= 4 is 0 Å². The van der Waals surface area contributed by atoms with Gasteiger partial charge in [0.2, 0.25) is 0 Å². The average molecular weight is 284 g/mol. The summed E-state index contributed by atoms with van der Waals surface area (Å²) >= 11 is 0. The molecule has 0 fully saturated rings. The van der Waals surface area contributed by atoms with Gasteiger partial charge in [0, 0.05) is 24.9 Å². The van der Waals surface area contributed by atoms with E-state index in [1.54, 1.807) is 0 Å². The summed E-state index contributed by atoms with van der Waals surface area (Å²) in [5, 5.41) is 3.44. The Balaban J connectivity index is 1.86. The maximum absolute atomic E-state index is 6.08. The summed E-state index contributed by atoms with van der Waals surface area (Å²) < 4.78 is 6.08. The van der Waals surface area contributed by atoms with Crippen LogP contribution in [0.5, 0.6) is 0 Å². The van der Waals surface area contributed by atoms with E-state index in [1.165, 1.54) is 5.56 Å². The normalized spacial score (nSPS) is 12.2. The first-order valence-electron chi connectivity index (χ1n) is 7.67. The summed E-state index contributed by atoms with van der Waals surface area (Å²) in [6, 6.07) is 16.4. The van der Waals surface area contributed by atoms with Crippen molar-refractivity contribution in [2.75, 3.05) is 19.7 Å². The molecule has 0 aliphatic heterocycles. The minimum absolute atomic E-state index is 0.0986. The molecule has 2 rings (SSSR count). The van der Waals surface area contributed by atoms with Crippen molar-refractivity contribution in [2.45, 2.75) is 25.9 Å². The molecule has 1 atom stereocenters. The van der Waals surface area contributed by atoms with Crippen LogP contribution in [0.3, 0.4) is 0 Å². The SMILES string of the molecule is CCCNCC(OCCc1ccccn1)c1ccccc1. The van der Waals surface area contributed by atoms with Gasteiger partial charge in [-0.25, -0.2) is 0 Å². The summed E-state index contributed by atoms with van der Waals surface area (Å²) in [4.78, 5) is 4.33. The fourth-order valence-electron chi connectivity index (χ4n) is 2.20. The van der Waals surface area contributed by atoms with Crippen molar-refractivity contribution in [1.29, 1.82) is 0 Å². The van der Waals surface area contributed by atoms with Crippen LogP contribution in [0.4, 0.5) is 0 Å². The third-order valence-electron chi connectivity index (χ3n) is 3.33. The molecule has 2 aromatic rings. The lowest BCUT2D eigenvalue weighted by Crippen LogP contribution is -2.24. The average Bonchev–Trinajstić information content (AvgIpc) is 2.55. The monoisotopic (exact) mass is 284 g/mol. The molecule has 112 valence electrons. The van der Waals surface area contributed by atoms with Crippen molar-refractivity contribution in [1.82, 2.24) is 10.3 Å². The lowest BCUT2D eigenvalue weighted by atomic mass is 10.1. The van der Waals surface area contributed by atoms with Gasteiger partial charge in [-0.2, -0.15) is 0 Å². The van der Waals surface area contributed by atoms with E-state index in [4.69, 9.17) is 4.74 Å². The van der Waals surface area contributed by atoms with Gasteiger partial charge in [-0.15, -0.1) is 0 Å². The van der Waals surface area contributed by atoms with Crippen LogP contribution in [0.25, 0.3) is 0 Å². The van der Waals surface area contributed by atoms with Crippen LogP contribution in [-0.2, 0) is 11.2 Å². The topological polar surface area (TPSA) is 34.1 Å². The van der Waals surface area contributed by atoms with Gasteiger partial charge >= 0.3 is 0 Å². The number of hydrogen-bond acceptors (Lipinski definition) is 3. The number of nitrogens with zero attached hydrogens (tertiary/aromatic N) is 1. The minimum atomic E-state index is 0.0986. The van der Waals surface area contributed by atoms with E-state index < -0.39 is 0 Å². The van der Waals surface area contributed by atoms with Crippen molar-refractivity contribution in [2.24, 2.45) is 0 Å². The second kappa shape index (κ2) is 9.27. The molecule has 0 amide bonds. The molecule has 0 saturated heterocycles. The van der Waals surface area contributed by atoms with E-state index in [2.05, 4.69) is 41.5 Å². The molecule has 21 heavy (non-hydrogen) atoms. The molecule has 0 aliphatic carbocycles. The highest BCUT2D eigenvalue weighted by Crippen LogP contribution is 2.16. The Morgan fingerprint density at radius 2 is 1.90 bits per heavy atom. The van der Waals surface area contributed by atoms with Gasteiger partial charge in [0.05, 0.1) is 12.7 Å². The van der Waals surface area contributed by atoms with Gasteiger partial charge in [0.1, 0.15) is 0 Å². The first kappa shape index (κ1) is 15.7. The molecule has 3 nitrogen and oxygen atoms in total. The van der Waals surface area contributed by atoms with Gasteiger partial charge < -0.3 is 10.1 Å². The van der Waals surface area contributed by atoms with Crippen LogP contribution in [0.1, 0.15) is 30.7 Å². The van der Waals surface area contributed by atoms with Crippen LogP contribution in [0.2, 0.25) is 0 Å². The van der Waals surface area contributed by atoms with E-state index >= 15 is 0 Å². The Bertz CT molecular complexity index is 487. The van der Waals surface area contributed by atoms with Crippen molar-refractivity contribution in [3.8, 4) is 0 Å². The van der Waals surface area contributed by atoms with Gasteiger partial charge in [0.25, 0.3) is 0 Å². The van der Waals surface area contributed by atoms with Crippen LogP contribution in [0.15, 0.2) is 54.7 Å². The fourth-order valence-corrected chi connectivity index (χ4v) is 2.20. The lowest BCUT2D eigenvalue weighted by Gasteiger charge is -2.19. The Labute approximate surface area is 127 Å². The zero-order valence-electron chi connectivity index (χ0n) is 12.7. The van der Waals surface area contributed by atoms with E-state index in [0.717, 1.165) is 31.6 Å². The maximum Gasteiger partial charge on any atom is 0.0949 e. The van der Waals surface area contributed by atoms with E-state index in [9.17, 15) is 0 Å². The zero-order valence-corrected chi connectivity index (χ0v) is 12.7. The maximum atomic E-state index is 6.08. The van der Waals surface area contributed by atoms with Gasteiger partial charge in [-0.05, 0) is 30.7 Å². The van der Waals surface area contributed by atoms with Crippen molar-refractivity contribution < 1.29 is 4.74 Å². The van der Waals surface area contributed by atoms with E-state index in [1.807, 2.05) is 30.5 Å². The molecule has 1 aromatic heterocycles. The number of nitrogens with one attached hydrogen (secondary N) is 1. The number of benzene rings is 1. The third-order valence-corrected chi connectivity index (χ3v) is 3.33. The van der Waals surface area contributed by atoms with Crippen LogP contribution < -0.4 is 5.32 Å². The zero-order chi connectivity index (χ0) is 14.8. The Morgan fingerprint density at radius 3 is 2.62 bits per heavy atom. The van der Waals surface area contributed by atoms with E-state index in [-0.39, 0.29) is 6.10 Å². The smallest absolute Gasteiger partial charge is 0.0949 e. The molecular formula is C18H24N2O. The number of aromatic nitrogens is 1. The molecule has 0 aliphatic rings. The lowest BCUT2D eigenvalue weighted by molar-refractivity contribution is 0.0544. The van der Waals surface area contributed by atoms with Crippen LogP contribution in [0, 0.1) is 0 Å². The largest absolute Gasteiger partial charge is 0.372 e. The first-order chi connectivity index (χ1) is 10.4. The summed E-state index contributed by atoms with van der Waals surface area (Å²) in [5.74, 6) is 0. The second-order valence-corrected chi connectivity index (χ2v) is 5.05. The first-order valence-corrected chi connectivity index (χ1v) is 7.67. The Morgan fingerprint density at radius 1 is 1.10 bits per heavy atom. The third kappa shape index (κ3) is 5.66. The van der Waals surface area contributed by atoms with Crippen molar-refractivity contribution in [3.63, 3.8) is 0 Å².